The highest BCUT2D eigenvalue weighted by atomic mass is 127. The zero-order valence-electron chi connectivity index (χ0n) is 11.5. The molecule has 0 aliphatic carbocycles. The molecular weight excluding hydrogens is 397 g/mol. The first kappa shape index (κ1) is 15.0. The molecule has 0 N–H and O–H groups in total. The van der Waals surface area contributed by atoms with E-state index in [1.165, 1.54) is 0 Å². The molecule has 3 nitrogen and oxygen atoms in total. The number of carbonyl (C=O) groups excluding carboxylic acids is 1. The second kappa shape index (κ2) is 6.87. The summed E-state index contributed by atoms with van der Waals surface area (Å²) in [7, 11) is 0. The summed E-state index contributed by atoms with van der Waals surface area (Å²) in [6, 6.07) is 11.7. The number of carbonyl (C=O) groups is 1. The maximum absolute atomic E-state index is 12.7. The molecule has 1 aliphatic heterocycles. The van der Waals surface area contributed by atoms with Crippen LogP contribution >= 0.6 is 34.4 Å². The van der Waals surface area contributed by atoms with E-state index in [4.69, 9.17) is 4.42 Å². The zero-order valence-corrected chi connectivity index (χ0v) is 14.5. The lowest BCUT2D eigenvalue weighted by Crippen LogP contribution is -2.33. The molecule has 1 aliphatic rings. The van der Waals surface area contributed by atoms with Crippen molar-refractivity contribution in [2.24, 2.45) is 0 Å². The Kier molecular flexibility index (Phi) is 4.90. The summed E-state index contributed by atoms with van der Waals surface area (Å²) >= 11 is 4.10. The number of thioether (sulfide) groups is 1. The lowest BCUT2D eigenvalue weighted by Gasteiger charge is -2.20. The molecule has 3 rings (SSSR count). The maximum Gasteiger partial charge on any atom is 0.254 e. The van der Waals surface area contributed by atoms with Crippen LogP contribution in [0.25, 0.3) is 0 Å². The Balaban J connectivity index is 1.70. The average molecular weight is 413 g/mol. The van der Waals surface area contributed by atoms with E-state index in [2.05, 4.69) is 22.6 Å². The number of rotatable bonds is 2. The lowest BCUT2D eigenvalue weighted by molar-refractivity contribution is 0.0765. The summed E-state index contributed by atoms with van der Waals surface area (Å²) in [5, 5.41) is 0.354. The largest absolute Gasteiger partial charge is 0.468 e. The predicted octanol–water partition coefficient (Wildman–Crippen LogP) is 4.20. The number of hydrogen-bond donors (Lipinski definition) is 0. The van der Waals surface area contributed by atoms with Gasteiger partial charge < -0.3 is 9.32 Å². The number of nitrogens with zero attached hydrogens (tertiary/aromatic N) is 1. The smallest absolute Gasteiger partial charge is 0.254 e. The van der Waals surface area contributed by atoms with E-state index in [-0.39, 0.29) is 5.91 Å². The molecule has 2 aromatic rings. The van der Waals surface area contributed by atoms with Gasteiger partial charge in [-0.15, -0.1) is 11.8 Å². The van der Waals surface area contributed by atoms with E-state index in [1.54, 1.807) is 6.26 Å². The van der Waals surface area contributed by atoms with Gasteiger partial charge in [0.1, 0.15) is 5.76 Å². The fourth-order valence-corrected chi connectivity index (χ4v) is 4.28. The van der Waals surface area contributed by atoms with Gasteiger partial charge in [0.15, 0.2) is 0 Å². The van der Waals surface area contributed by atoms with E-state index in [0.29, 0.717) is 5.25 Å². The van der Waals surface area contributed by atoms with Crippen molar-refractivity contribution >= 4 is 40.3 Å². The fourth-order valence-electron chi connectivity index (χ4n) is 2.48. The average Bonchev–Trinajstić information content (AvgIpc) is 2.92. The van der Waals surface area contributed by atoms with Crippen molar-refractivity contribution in [2.45, 2.75) is 11.7 Å². The molecule has 1 atom stereocenters. The Hall–Kier alpha value is -0.950. The van der Waals surface area contributed by atoms with Gasteiger partial charge in [0.2, 0.25) is 0 Å². The third-order valence-corrected chi connectivity index (χ3v) is 5.82. The molecule has 0 bridgehead atoms. The quantitative estimate of drug-likeness (QED) is 0.692. The van der Waals surface area contributed by atoms with Gasteiger partial charge in [-0.05, 0) is 53.3 Å². The second-order valence-electron chi connectivity index (χ2n) is 4.94. The Morgan fingerprint density at radius 1 is 1.24 bits per heavy atom. The topological polar surface area (TPSA) is 33.5 Å². The van der Waals surface area contributed by atoms with Gasteiger partial charge in [0.05, 0.1) is 17.1 Å². The lowest BCUT2D eigenvalue weighted by atomic mass is 10.2. The molecule has 1 aromatic heterocycles. The molecule has 5 heteroatoms. The SMILES string of the molecule is O=C(c1ccccc1I)N1CCSC(c2ccco2)CC1. The normalized spacial score (nSPS) is 19.3. The molecule has 0 spiro atoms. The van der Waals surface area contributed by atoms with Gasteiger partial charge in [-0.2, -0.15) is 0 Å². The molecule has 2 heterocycles. The van der Waals surface area contributed by atoms with Crippen LogP contribution in [0, 0.1) is 3.57 Å². The fraction of sp³-hybridized carbons (Fsp3) is 0.312. The highest BCUT2D eigenvalue weighted by molar-refractivity contribution is 14.1. The molecular formula is C16H16INO2S. The molecule has 0 saturated carbocycles. The van der Waals surface area contributed by atoms with Crippen LogP contribution in [0.5, 0.6) is 0 Å². The first-order chi connectivity index (χ1) is 10.3. The maximum atomic E-state index is 12.7. The molecule has 1 amide bonds. The van der Waals surface area contributed by atoms with Gasteiger partial charge in [0.25, 0.3) is 5.91 Å². The van der Waals surface area contributed by atoms with Crippen LogP contribution in [0.4, 0.5) is 0 Å². The molecule has 110 valence electrons. The van der Waals surface area contributed by atoms with Gasteiger partial charge in [-0.3, -0.25) is 4.79 Å². The minimum absolute atomic E-state index is 0.140. The molecule has 1 aromatic carbocycles. The molecule has 1 saturated heterocycles. The van der Waals surface area contributed by atoms with Gasteiger partial charge in [-0.1, -0.05) is 12.1 Å². The van der Waals surface area contributed by atoms with Gasteiger partial charge >= 0.3 is 0 Å². The van der Waals surface area contributed by atoms with Crippen molar-refractivity contribution < 1.29 is 9.21 Å². The monoisotopic (exact) mass is 413 g/mol. The van der Waals surface area contributed by atoms with Crippen molar-refractivity contribution in [1.29, 1.82) is 0 Å². The Bertz CT molecular complexity index is 614. The summed E-state index contributed by atoms with van der Waals surface area (Å²) in [4.78, 5) is 14.6. The Labute approximate surface area is 142 Å². The van der Waals surface area contributed by atoms with Gasteiger partial charge in [0, 0.05) is 22.4 Å². The van der Waals surface area contributed by atoms with Crippen LogP contribution in [0.1, 0.15) is 27.8 Å². The third kappa shape index (κ3) is 3.45. The highest BCUT2D eigenvalue weighted by Gasteiger charge is 2.24. The van der Waals surface area contributed by atoms with Crippen molar-refractivity contribution in [3.05, 3.63) is 57.6 Å². The van der Waals surface area contributed by atoms with Crippen LogP contribution in [0.15, 0.2) is 47.1 Å². The number of furan rings is 1. The Morgan fingerprint density at radius 3 is 2.86 bits per heavy atom. The Morgan fingerprint density at radius 2 is 2.10 bits per heavy atom. The van der Waals surface area contributed by atoms with E-state index in [1.807, 2.05) is 53.1 Å². The van der Waals surface area contributed by atoms with Crippen LogP contribution < -0.4 is 0 Å². The van der Waals surface area contributed by atoms with Crippen molar-refractivity contribution in [3.8, 4) is 0 Å². The number of hydrogen-bond acceptors (Lipinski definition) is 3. The standard InChI is InChI=1S/C16H16INO2S/c17-13-5-2-1-4-12(13)16(19)18-8-7-15(21-11-9-18)14-6-3-10-20-14/h1-6,10,15H,7-9,11H2. The van der Waals surface area contributed by atoms with Crippen LogP contribution in [-0.2, 0) is 0 Å². The van der Waals surface area contributed by atoms with E-state index >= 15 is 0 Å². The minimum Gasteiger partial charge on any atom is -0.468 e. The molecule has 0 radical (unpaired) electrons. The van der Waals surface area contributed by atoms with Crippen molar-refractivity contribution in [2.75, 3.05) is 18.8 Å². The van der Waals surface area contributed by atoms with Gasteiger partial charge in [-0.25, -0.2) is 0 Å². The second-order valence-corrected chi connectivity index (χ2v) is 7.41. The van der Waals surface area contributed by atoms with E-state index in [9.17, 15) is 4.79 Å². The molecule has 21 heavy (non-hydrogen) atoms. The molecule has 1 unspecified atom stereocenters. The molecule has 1 fully saturated rings. The third-order valence-electron chi connectivity index (χ3n) is 3.59. The number of amides is 1. The summed E-state index contributed by atoms with van der Waals surface area (Å²) in [6.07, 6.45) is 2.66. The zero-order chi connectivity index (χ0) is 14.7. The number of halogens is 1. The summed E-state index contributed by atoms with van der Waals surface area (Å²) in [5.41, 5.74) is 0.805. The highest BCUT2D eigenvalue weighted by Crippen LogP contribution is 2.34. The van der Waals surface area contributed by atoms with Crippen molar-refractivity contribution in [1.82, 2.24) is 4.90 Å². The van der Waals surface area contributed by atoms with Crippen LogP contribution in [0.2, 0.25) is 0 Å². The number of benzene rings is 1. The van der Waals surface area contributed by atoms with Crippen LogP contribution in [0.3, 0.4) is 0 Å². The first-order valence-corrected chi connectivity index (χ1v) is 9.07. The first-order valence-electron chi connectivity index (χ1n) is 6.94. The van der Waals surface area contributed by atoms with Crippen LogP contribution in [-0.4, -0.2) is 29.6 Å². The van der Waals surface area contributed by atoms with E-state index < -0.39 is 0 Å². The predicted molar refractivity (Wildman–Crippen MR) is 93.6 cm³/mol. The summed E-state index contributed by atoms with van der Waals surface area (Å²) < 4.78 is 6.52. The summed E-state index contributed by atoms with van der Waals surface area (Å²) in [6.45, 7) is 1.58. The van der Waals surface area contributed by atoms with Crippen molar-refractivity contribution in [3.63, 3.8) is 0 Å². The summed E-state index contributed by atoms with van der Waals surface area (Å²) in [5.74, 6) is 2.10. The minimum atomic E-state index is 0.140. The van der Waals surface area contributed by atoms with E-state index in [0.717, 1.165) is 40.2 Å².